The van der Waals surface area contributed by atoms with E-state index in [-0.39, 0.29) is 18.2 Å². The fraction of sp³-hybridized carbons (Fsp3) is 0.150. The maximum absolute atomic E-state index is 12.3. The molecule has 144 valence electrons. The minimum Gasteiger partial charge on any atom is -0.441 e. The standard InChI is InChI=1S/C20H17Cl2N3O3/c1-12(26)24-16-7-6-13(21)10-17(16)25-19(27)8-9-20-23-11-18(28-20)14-4-2-3-5-15(14)22/h2-7,10-11H,8-9H2,1H3,(H,24,26)(H,25,27). The molecule has 0 unspecified atom stereocenters. The van der Waals surface area contributed by atoms with Crippen LogP contribution in [0.5, 0.6) is 0 Å². The Kier molecular flexibility index (Phi) is 6.34. The van der Waals surface area contributed by atoms with Crippen molar-refractivity contribution in [3.05, 3.63) is 64.6 Å². The summed E-state index contributed by atoms with van der Waals surface area (Å²) in [6, 6.07) is 12.1. The van der Waals surface area contributed by atoms with Gasteiger partial charge in [0.1, 0.15) is 0 Å². The molecule has 0 fully saturated rings. The van der Waals surface area contributed by atoms with E-state index in [1.54, 1.807) is 30.5 Å². The monoisotopic (exact) mass is 417 g/mol. The molecule has 0 bridgehead atoms. The lowest BCUT2D eigenvalue weighted by Gasteiger charge is -2.11. The Morgan fingerprint density at radius 1 is 1.07 bits per heavy atom. The highest BCUT2D eigenvalue weighted by Crippen LogP contribution is 2.29. The van der Waals surface area contributed by atoms with Crippen LogP contribution in [0.25, 0.3) is 11.3 Å². The molecule has 2 amide bonds. The van der Waals surface area contributed by atoms with Gasteiger partial charge in [-0.1, -0.05) is 35.3 Å². The second kappa shape index (κ2) is 8.91. The lowest BCUT2D eigenvalue weighted by molar-refractivity contribution is -0.116. The number of hydrogen-bond donors (Lipinski definition) is 2. The minimum absolute atomic E-state index is 0.147. The average Bonchev–Trinajstić information content (AvgIpc) is 3.11. The molecule has 1 heterocycles. The minimum atomic E-state index is -0.258. The van der Waals surface area contributed by atoms with Crippen molar-refractivity contribution in [2.75, 3.05) is 10.6 Å². The van der Waals surface area contributed by atoms with Gasteiger partial charge in [0.2, 0.25) is 11.8 Å². The number of nitrogens with zero attached hydrogens (tertiary/aromatic N) is 1. The molecule has 28 heavy (non-hydrogen) atoms. The second-order valence-electron chi connectivity index (χ2n) is 6.02. The fourth-order valence-electron chi connectivity index (χ4n) is 2.56. The SMILES string of the molecule is CC(=O)Nc1ccc(Cl)cc1NC(=O)CCc1ncc(-c2ccccc2Cl)o1. The normalized spacial score (nSPS) is 10.5. The molecule has 0 aliphatic rings. The number of oxazole rings is 1. The number of benzene rings is 2. The number of halogens is 2. The number of rotatable bonds is 6. The first kappa shape index (κ1) is 19.9. The number of carbonyl (C=O) groups excluding carboxylic acids is 2. The third kappa shape index (κ3) is 5.12. The number of aryl methyl sites for hydroxylation is 1. The quantitative estimate of drug-likeness (QED) is 0.578. The molecule has 3 aromatic rings. The molecule has 6 nitrogen and oxygen atoms in total. The number of amides is 2. The van der Waals surface area contributed by atoms with E-state index in [0.29, 0.717) is 39.5 Å². The molecular formula is C20H17Cl2N3O3. The number of aromatic nitrogens is 1. The van der Waals surface area contributed by atoms with E-state index >= 15 is 0 Å². The average molecular weight is 418 g/mol. The van der Waals surface area contributed by atoms with Crippen LogP contribution >= 0.6 is 23.2 Å². The van der Waals surface area contributed by atoms with Crippen molar-refractivity contribution in [3.63, 3.8) is 0 Å². The summed E-state index contributed by atoms with van der Waals surface area (Å²) in [6.07, 6.45) is 2.04. The van der Waals surface area contributed by atoms with E-state index in [1.165, 1.54) is 6.92 Å². The summed E-state index contributed by atoms with van der Waals surface area (Å²) in [7, 11) is 0. The van der Waals surface area contributed by atoms with Gasteiger partial charge in [0.25, 0.3) is 0 Å². The van der Waals surface area contributed by atoms with Crippen LogP contribution in [0.15, 0.2) is 53.1 Å². The van der Waals surface area contributed by atoms with Crippen LogP contribution in [0.1, 0.15) is 19.2 Å². The third-order valence-corrected chi connectivity index (χ3v) is 4.39. The first-order chi connectivity index (χ1) is 13.4. The van der Waals surface area contributed by atoms with Gasteiger partial charge in [0, 0.05) is 30.4 Å². The van der Waals surface area contributed by atoms with Crippen molar-refractivity contribution >= 4 is 46.4 Å². The summed E-state index contributed by atoms with van der Waals surface area (Å²) >= 11 is 12.1. The Labute approximate surface area is 171 Å². The van der Waals surface area contributed by atoms with Gasteiger partial charge >= 0.3 is 0 Å². The largest absolute Gasteiger partial charge is 0.441 e. The molecule has 2 aromatic carbocycles. The van der Waals surface area contributed by atoms with Crippen LogP contribution in [0.2, 0.25) is 10.0 Å². The molecule has 8 heteroatoms. The molecular weight excluding hydrogens is 401 g/mol. The van der Waals surface area contributed by atoms with Gasteiger partial charge in [0.15, 0.2) is 11.7 Å². The van der Waals surface area contributed by atoms with E-state index in [1.807, 2.05) is 18.2 Å². The molecule has 0 atom stereocenters. The predicted molar refractivity (Wildman–Crippen MR) is 110 cm³/mol. The van der Waals surface area contributed by atoms with E-state index < -0.39 is 0 Å². The topological polar surface area (TPSA) is 84.2 Å². The van der Waals surface area contributed by atoms with Crippen molar-refractivity contribution in [2.45, 2.75) is 19.8 Å². The van der Waals surface area contributed by atoms with Gasteiger partial charge in [-0.15, -0.1) is 0 Å². The van der Waals surface area contributed by atoms with Gasteiger partial charge < -0.3 is 15.1 Å². The smallest absolute Gasteiger partial charge is 0.224 e. The van der Waals surface area contributed by atoms with Crippen molar-refractivity contribution in [1.29, 1.82) is 0 Å². The molecule has 0 saturated carbocycles. The van der Waals surface area contributed by atoms with Gasteiger partial charge in [-0.2, -0.15) is 0 Å². The summed E-state index contributed by atoms with van der Waals surface area (Å²) < 4.78 is 5.69. The van der Waals surface area contributed by atoms with E-state index in [4.69, 9.17) is 27.6 Å². The van der Waals surface area contributed by atoms with Crippen molar-refractivity contribution in [3.8, 4) is 11.3 Å². The van der Waals surface area contributed by atoms with Gasteiger partial charge in [-0.05, 0) is 30.3 Å². The highest BCUT2D eigenvalue weighted by molar-refractivity contribution is 6.33. The van der Waals surface area contributed by atoms with Crippen molar-refractivity contribution < 1.29 is 14.0 Å². The summed E-state index contributed by atoms with van der Waals surface area (Å²) in [4.78, 5) is 27.8. The Hall–Kier alpha value is -2.83. The Morgan fingerprint density at radius 3 is 2.61 bits per heavy atom. The maximum Gasteiger partial charge on any atom is 0.224 e. The summed E-state index contributed by atoms with van der Waals surface area (Å²) in [5, 5.41) is 6.41. The maximum atomic E-state index is 12.3. The number of carbonyl (C=O) groups is 2. The van der Waals surface area contributed by atoms with Crippen LogP contribution < -0.4 is 10.6 Å². The van der Waals surface area contributed by atoms with Gasteiger partial charge in [0.05, 0.1) is 22.6 Å². The van der Waals surface area contributed by atoms with E-state index in [0.717, 1.165) is 5.56 Å². The molecule has 0 spiro atoms. The Balaban J connectivity index is 1.63. The second-order valence-corrected chi connectivity index (χ2v) is 6.86. The van der Waals surface area contributed by atoms with E-state index in [9.17, 15) is 9.59 Å². The predicted octanol–water partition coefficient (Wildman–Crippen LogP) is 5.18. The lowest BCUT2D eigenvalue weighted by Crippen LogP contribution is -2.15. The van der Waals surface area contributed by atoms with Crippen LogP contribution in [-0.4, -0.2) is 16.8 Å². The molecule has 1 aromatic heterocycles. The Morgan fingerprint density at radius 2 is 1.86 bits per heavy atom. The summed E-state index contributed by atoms with van der Waals surface area (Å²) in [5.41, 5.74) is 1.64. The van der Waals surface area contributed by atoms with Crippen LogP contribution in [0.3, 0.4) is 0 Å². The lowest BCUT2D eigenvalue weighted by atomic mass is 10.2. The number of anilines is 2. The molecule has 0 radical (unpaired) electrons. The zero-order valence-corrected chi connectivity index (χ0v) is 16.5. The molecule has 3 rings (SSSR count). The highest BCUT2D eigenvalue weighted by Gasteiger charge is 2.13. The van der Waals surface area contributed by atoms with E-state index in [2.05, 4.69) is 15.6 Å². The molecule has 0 saturated heterocycles. The molecule has 0 aliphatic heterocycles. The number of hydrogen-bond acceptors (Lipinski definition) is 4. The fourth-order valence-corrected chi connectivity index (χ4v) is 2.96. The first-order valence-electron chi connectivity index (χ1n) is 8.49. The zero-order valence-electron chi connectivity index (χ0n) is 15.0. The zero-order chi connectivity index (χ0) is 20.1. The van der Waals surface area contributed by atoms with Crippen LogP contribution in [-0.2, 0) is 16.0 Å². The Bertz CT molecular complexity index is 1020. The summed E-state index contributed by atoms with van der Waals surface area (Å²) in [5.74, 6) is 0.470. The highest BCUT2D eigenvalue weighted by atomic mass is 35.5. The van der Waals surface area contributed by atoms with Crippen molar-refractivity contribution in [2.24, 2.45) is 0 Å². The number of nitrogens with one attached hydrogen (secondary N) is 2. The summed E-state index contributed by atoms with van der Waals surface area (Å²) in [6.45, 7) is 1.39. The molecule has 2 N–H and O–H groups in total. The molecule has 0 aliphatic carbocycles. The third-order valence-electron chi connectivity index (χ3n) is 3.83. The van der Waals surface area contributed by atoms with Gasteiger partial charge in [-0.25, -0.2) is 4.98 Å². The van der Waals surface area contributed by atoms with Crippen LogP contribution in [0.4, 0.5) is 11.4 Å². The van der Waals surface area contributed by atoms with Crippen molar-refractivity contribution in [1.82, 2.24) is 4.98 Å². The van der Waals surface area contributed by atoms with Gasteiger partial charge in [-0.3, -0.25) is 9.59 Å². The van der Waals surface area contributed by atoms with Crippen LogP contribution in [0, 0.1) is 0 Å². The first-order valence-corrected chi connectivity index (χ1v) is 9.24.